The zero-order valence-electron chi connectivity index (χ0n) is 12.6. The van der Waals surface area contributed by atoms with Crippen molar-refractivity contribution in [3.8, 4) is 0 Å². The maximum atomic E-state index is 10.1. The molecule has 3 heteroatoms. The topological polar surface area (TPSA) is 58.3 Å². The molecule has 0 aliphatic rings. The van der Waals surface area contributed by atoms with E-state index in [0.717, 1.165) is 5.56 Å². The largest absolute Gasteiger partial charge is 0.390 e. The molecule has 0 saturated carbocycles. The highest BCUT2D eigenvalue weighted by Crippen LogP contribution is 2.18. The number of hydrogen-bond donors (Lipinski definition) is 3. The van der Waals surface area contributed by atoms with Crippen LogP contribution in [0.3, 0.4) is 0 Å². The van der Waals surface area contributed by atoms with Crippen LogP contribution in [0, 0.1) is 5.41 Å². The second-order valence-electron chi connectivity index (χ2n) is 6.42. The maximum Gasteiger partial charge on any atom is 0.0818 e. The highest BCUT2D eigenvalue weighted by molar-refractivity contribution is 5.16. The molecule has 0 aromatic heterocycles. The van der Waals surface area contributed by atoms with E-state index in [1.807, 2.05) is 30.3 Å². The van der Waals surface area contributed by atoms with Gasteiger partial charge in [-0.05, 0) is 24.3 Å². The second-order valence-corrected chi connectivity index (χ2v) is 6.42. The van der Waals surface area contributed by atoms with Crippen molar-refractivity contribution in [3.63, 3.8) is 0 Å². The molecule has 0 radical (unpaired) electrons. The lowest BCUT2D eigenvalue weighted by atomic mass is 9.88. The third-order valence-electron chi connectivity index (χ3n) is 3.74. The molecule has 1 rings (SSSR count). The predicted molar refractivity (Wildman–Crippen MR) is 81.0 cm³/mol. The van der Waals surface area contributed by atoms with Gasteiger partial charge in [-0.2, -0.15) is 0 Å². The van der Waals surface area contributed by atoms with E-state index in [0.29, 0.717) is 19.0 Å². The van der Waals surface area contributed by atoms with Gasteiger partial charge in [0.25, 0.3) is 0 Å². The summed E-state index contributed by atoms with van der Waals surface area (Å²) < 4.78 is 0. The highest BCUT2D eigenvalue weighted by atomic mass is 16.3. The molecular formula is C16H28N2O. The summed E-state index contributed by atoms with van der Waals surface area (Å²) in [6.07, 6.45) is 0.179. The highest BCUT2D eigenvalue weighted by Gasteiger charge is 2.22. The first-order valence-corrected chi connectivity index (χ1v) is 7.01. The lowest BCUT2D eigenvalue weighted by Crippen LogP contribution is -2.47. The summed E-state index contributed by atoms with van der Waals surface area (Å²) in [5.74, 6) is 0. The number of hydrogen-bond acceptors (Lipinski definition) is 3. The van der Waals surface area contributed by atoms with E-state index in [1.165, 1.54) is 0 Å². The summed E-state index contributed by atoms with van der Waals surface area (Å²) in [5, 5.41) is 13.5. The Balaban J connectivity index is 2.39. The van der Waals surface area contributed by atoms with Gasteiger partial charge in [0.15, 0.2) is 0 Å². The molecule has 1 aromatic rings. The van der Waals surface area contributed by atoms with Crippen LogP contribution in [0.2, 0.25) is 0 Å². The minimum absolute atomic E-state index is 0.184. The lowest BCUT2D eigenvalue weighted by Gasteiger charge is -2.30. The minimum atomic E-state index is -0.523. The van der Waals surface area contributed by atoms with Crippen LogP contribution in [-0.4, -0.2) is 29.8 Å². The molecule has 0 aliphatic carbocycles. The van der Waals surface area contributed by atoms with E-state index in [2.05, 4.69) is 33.0 Å². The Morgan fingerprint density at radius 2 is 1.79 bits per heavy atom. The van der Waals surface area contributed by atoms with Crippen molar-refractivity contribution in [3.05, 3.63) is 35.9 Å². The molecule has 0 unspecified atom stereocenters. The lowest BCUT2D eigenvalue weighted by molar-refractivity contribution is 0.130. The predicted octanol–water partition coefficient (Wildman–Crippen LogP) is 1.94. The smallest absolute Gasteiger partial charge is 0.0818 e. The Morgan fingerprint density at radius 3 is 2.32 bits per heavy atom. The molecule has 0 aliphatic heterocycles. The quantitative estimate of drug-likeness (QED) is 0.736. The molecule has 3 nitrogen and oxygen atoms in total. The Hall–Kier alpha value is -0.900. The fourth-order valence-electron chi connectivity index (χ4n) is 1.78. The molecule has 0 bridgehead atoms. The third kappa shape index (κ3) is 5.72. The summed E-state index contributed by atoms with van der Waals surface area (Å²) >= 11 is 0. The van der Waals surface area contributed by atoms with Gasteiger partial charge in [0.2, 0.25) is 0 Å². The van der Waals surface area contributed by atoms with Crippen molar-refractivity contribution >= 4 is 0 Å². The van der Waals surface area contributed by atoms with Crippen molar-refractivity contribution in [2.75, 3.05) is 6.54 Å². The van der Waals surface area contributed by atoms with Gasteiger partial charge in [-0.15, -0.1) is 0 Å². The van der Waals surface area contributed by atoms with E-state index in [1.54, 1.807) is 0 Å². The van der Waals surface area contributed by atoms with Gasteiger partial charge in [0.1, 0.15) is 0 Å². The van der Waals surface area contributed by atoms with Gasteiger partial charge >= 0.3 is 0 Å². The molecule has 108 valence electrons. The molecule has 4 N–H and O–H groups in total. The summed E-state index contributed by atoms with van der Waals surface area (Å²) in [5.41, 5.74) is 7.40. The van der Waals surface area contributed by atoms with Crippen LogP contribution in [0.15, 0.2) is 30.3 Å². The molecule has 0 amide bonds. The third-order valence-corrected chi connectivity index (χ3v) is 3.74. The number of aliphatic hydroxyl groups is 1. The minimum Gasteiger partial charge on any atom is -0.390 e. The van der Waals surface area contributed by atoms with Crippen molar-refractivity contribution in [1.82, 2.24) is 5.32 Å². The van der Waals surface area contributed by atoms with E-state index in [-0.39, 0.29) is 11.5 Å². The first-order valence-electron chi connectivity index (χ1n) is 7.01. The molecule has 0 spiro atoms. The van der Waals surface area contributed by atoms with Crippen molar-refractivity contribution < 1.29 is 5.11 Å². The van der Waals surface area contributed by atoms with E-state index < -0.39 is 6.10 Å². The number of rotatable bonds is 6. The van der Waals surface area contributed by atoms with Gasteiger partial charge in [0, 0.05) is 18.6 Å². The summed E-state index contributed by atoms with van der Waals surface area (Å²) in [6.45, 7) is 9.21. The molecule has 0 fully saturated rings. The van der Waals surface area contributed by atoms with Crippen LogP contribution < -0.4 is 11.1 Å². The number of benzene rings is 1. The summed E-state index contributed by atoms with van der Waals surface area (Å²) in [4.78, 5) is 0. The van der Waals surface area contributed by atoms with Gasteiger partial charge < -0.3 is 16.2 Å². The number of nitrogens with two attached hydrogens (primary N) is 1. The van der Waals surface area contributed by atoms with Crippen LogP contribution in [0.5, 0.6) is 0 Å². The number of nitrogens with one attached hydrogen (secondary N) is 1. The molecule has 0 heterocycles. The average Bonchev–Trinajstić information content (AvgIpc) is 2.35. The zero-order chi connectivity index (χ0) is 14.5. The van der Waals surface area contributed by atoms with Gasteiger partial charge in [-0.3, -0.25) is 0 Å². The monoisotopic (exact) mass is 264 g/mol. The Morgan fingerprint density at radius 1 is 1.21 bits per heavy atom. The Kier molecular flexibility index (Phi) is 5.98. The summed E-state index contributed by atoms with van der Waals surface area (Å²) in [6, 6.07) is 10.2. The van der Waals surface area contributed by atoms with Crippen LogP contribution in [0.4, 0.5) is 0 Å². The molecule has 19 heavy (non-hydrogen) atoms. The van der Waals surface area contributed by atoms with Crippen LogP contribution in [-0.2, 0) is 6.42 Å². The molecule has 0 saturated heterocycles. The van der Waals surface area contributed by atoms with Crippen LogP contribution in [0.25, 0.3) is 0 Å². The van der Waals surface area contributed by atoms with E-state index >= 15 is 0 Å². The van der Waals surface area contributed by atoms with Crippen molar-refractivity contribution in [2.24, 2.45) is 11.1 Å². The van der Waals surface area contributed by atoms with Gasteiger partial charge in [-0.25, -0.2) is 0 Å². The first kappa shape index (κ1) is 16.2. The zero-order valence-corrected chi connectivity index (χ0v) is 12.6. The van der Waals surface area contributed by atoms with E-state index in [4.69, 9.17) is 5.73 Å². The fourth-order valence-corrected chi connectivity index (χ4v) is 1.78. The van der Waals surface area contributed by atoms with Gasteiger partial charge in [-0.1, -0.05) is 51.1 Å². The van der Waals surface area contributed by atoms with Crippen molar-refractivity contribution in [2.45, 2.75) is 52.3 Å². The Bertz CT molecular complexity index is 359. The number of aliphatic hydroxyl groups excluding tert-OH is 1. The first-order chi connectivity index (χ1) is 8.80. The summed E-state index contributed by atoms with van der Waals surface area (Å²) in [7, 11) is 0. The molecular weight excluding hydrogens is 236 g/mol. The standard InChI is InChI=1S/C16H28N2O/c1-12(16(2,3)4)18-11-15(19)14(17)10-13-8-6-5-7-9-13/h5-9,12,14-15,18-19H,10-11,17H2,1-4H3/t12-,14+,15-/m1/s1. The average molecular weight is 264 g/mol. The van der Waals surface area contributed by atoms with Crippen LogP contribution in [0.1, 0.15) is 33.3 Å². The second kappa shape index (κ2) is 7.04. The van der Waals surface area contributed by atoms with Crippen LogP contribution >= 0.6 is 0 Å². The Labute approximate surface area is 117 Å². The van der Waals surface area contributed by atoms with E-state index in [9.17, 15) is 5.11 Å². The maximum absolute atomic E-state index is 10.1. The molecule has 1 aromatic carbocycles. The fraction of sp³-hybridized carbons (Fsp3) is 0.625. The van der Waals surface area contributed by atoms with Crippen molar-refractivity contribution in [1.29, 1.82) is 0 Å². The van der Waals surface area contributed by atoms with Gasteiger partial charge in [0.05, 0.1) is 6.10 Å². The normalized spacial score (nSPS) is 16.9. The SMILES string of the molecule is C[C@@H](NC[C@@H](O)[C@@H](N)Cc1ccccc1)C(C)(C)C. The molecule has 3 atom stereocenters.